The van der Waals surface area contributed by atoms with E-state index in [-0.39, 0.29) is 16.7 Å². The predicted molar refractivity (Wildman–Crippen MR) is 110 cm³/mol. The van der Waals surface area contributed by atoms with Gasteiger partial charge in [-0.1, -0.05) is 37.3 Å². The number of rotatable bonds is 6. The number of alkyl carbamates (subject to hydrolysis) is 1. The zero-order valence-corrected chi connectivity index (χ0v) is 17.8. The van der Waals surface area contributed by atoms with Crippen molar-refractivity contribution in [2.24, 2.45) is 0 Å². The Balaban J connectivity index is 2.21. The van der Waals surface area contributed by atoms with Gasteiger partial charge in [-0.3, -0.25) is 4.79 Å². The van der Waals surface area contributed by atoms with Gasteiger partial charge in [0, 0.05) is 11.3 Å². The van der Waals surface area contributed by atoms with Gasteiger partial charge in [-0.25, -0.2) is 14.6 Å². The fraction of sp³-hybridized carbons (Fsp3) is 0.400. The van der Waals surface area contributed by atoms with Crippen molar-refractivity contribution < 1.29 is 23.9 Å². The van der Waals surface area contributed by atoms with Crippen molar-refractivity contribution in [3.05, 3.63) is 47.0 Å². The minimum Gasteiger partial charge on any atom is -0.464 e. The van der Waals surface area contributed by atoms with Crippen LogP contribution in [0.1, 0.15) is 49.7 Å². The Morgan fingerprint density at radius 2 is 1.79 bits per heavy atom. The van der Waals surface area contributed by atoms with Crippen LogP contribution in [0, 0.1) is 0 Å². The fourth-order valence-corrected chi connectivity index (χ4v) is 3.20. The second-order valence-corrected chi connectivity index (χ2v) is 8.20. The molecule has 0 fully saturated rings. The number of hydrogen-bond donors (Lipinski definition) is 2. The van der Waals surface area contributed by atoms with E-state index in [2.05, 4.69) is 20.4 Å². The van der Waals surface area contributed by atoms with Gasteiger partial charge in [0.05, 0.1) is 7.11 Å². The summed E-state index contributed by atoms with van der Waals surface area (Å²) in [6.07, 6.45) is -0.699. The lowest BCUT2D eigenvalue weighted by Gasteiger charge is -2.26. The van der Waals surface area contributed by atoms with Gasteiger partial charge in [-0.05, 0) is 26.3 Å². The van der Waals surface area contributed by atoms with Gasteiger partial charge in [0.25, 0.3) is 0 Å². The van der Waals surface area contributed by atoms with Crippen LogP contribution in [-0.4, -0.2) is 41.7 Å². The second-order valence-electron chi connectivity index (χ2n) is 7.34. The minimum atomic E-state index is -0.919. The summed E-state index contributed by atoms with van der Waals surface area (Å²) in [5, 5.41) is 7.01. The summed E-state index contributed by atoms with van der Waals surface area (Å²) >= 11 is 1.09. The minimum absolute atomic E-state index is 0.0977. The number of carbonyl (C=O) groups is 3. The number of methoxy groups -OCH3 is 1. The topological polar surface area (TPSA) is 107 Å². The third-order valence-corrected chi connectivity index (χ3v) is 4.67. The van der Waals surface area contributed by atoms with Crippen LogP contribution in [0.25, 0.3) is 0 Å². The number of thiazole rings is 1. The second kappa shape index (κ2) is 9.51. The Morgan fingerprint density at radius 3 is 2.38 bits per heavy atom. The van der Waals surface area contributed by atoms with Crippen LogP contribution in [0.15, 0.2) is 35.7 Å². The molecule has 9 heteroatoms. The number of aromatic nitrogens is 1. The summed E-state index contributed by atoms with van der Waals surface area (Å²) < 4.78 is 9.92. The average Bonchev–Trinajstić information content (AvgIpc) is 3.12. The number of ether oxygens (including phenoxy) is 2. The summed E-state index contributed by atoms with van der Waals surface area (Å²) in [6.45, 7) is 7.06. The molecule has 0 aliphatic rings. The molecule has 2 unspecified atom stereocenters. The van der Waals surface area contributed by atoms with Gasteiger partial charge in [0.15, 0.2) is 10.8 Å². The molecule has 0 aliphatic carbocycles. The van der Waals surface area contributed by atoms with Crippen molar-refractivity contribution in [3.8, 4) is 0 Å². The molecule has 1 heterocycles. The van der Waals surface area contributed by atoms with E-state index in [0.717, 1.165) is 16.9 Å². The Kier molecular flexibility index (Phi) is 7.33. The highest BCUT2D eigenvalue weighted by Gasteiger charge is 2.30. The monoisotopic (exact) mass is 419 g/mol. The van der Waals surface area contributed by atoms with Gasteiger partial charge >= 0.3 is 12.1 Å². The van der Waals surface area contributed by atoms with E-state index in [4.69, 9.17) is 4.74 Å². The van der Waals surface area contributed by atoms with Crippen LogP contribution in [0.2, 0.25) is 0 Å². The summed E-state index contributed by atoms with van der Waals surface area (Å²) in [7, 11) is 1.25. The molecule has 0 saturated heterocycles. The number of benzene rings is 1. The molecule has 8 nitrogen and oxygen atoms in total. The normalized spacial score (nSPS) is 13.1. The zero-order valence-electron chi connectivity index (χ0n) is 17.0. The van der Waals surface area contributed by atoms with Gasteiger partial charge < -0.3 is 20.1 Å². The Labute approximate surface area is 173 Å². The van der Waals surface area contributed by atoms with Crippen LogP contribution in [0.5, 0.6) is 0 Å². The molecule has 2 N–H and O–H groups in total. The number of amides is 2. The van der Waals surface area contributed by atoms with Gasteiger partial charge in [0.2, 0.25) is 5.91 Å². The molecule has 1 aromatic heterocycles. The number of anilines is 1. The van der Waals surface area contributed by atoms with E-state index < -0.39 is 29.6 Å². The van der Waals surface area contributed by atoms with Crippen LogP contribution in [0.3, 0.4) is 0 Å². The van der Waals surface area contributed by atoms with E-state index in [1.807, 2.05) is 37.3 Å². The van der Waals surface area contributed by atoms with Crippen molar-refractivity contribution >= 4 is 34.4 Å². The molecule has 0 bridgehead atoms. The highest BCUT2D eigenvalue weighted by Crippen LogP contribution is 2.22. The highest BCUT2D eigenvalue weighted by atomic mass is 32.1. The number of nitrogens with one attached hydrogen (secondary N) is 2. The van der Waals surface area contributed by atoms with Gasteiger partial charge in [-0.15, -0.1) is 11.3 Å². The standard InChI is InChI=1S/C20H25N3O5S/c1-12(13-9-7-6-8-10-13)15(22-19(26)28-20(2,3)4)16(24)23-18-21-14(11-29-18)17(25)27-5/h6-12,15H,1-5H3,(H,22,26)(H,21,23,24). The van der Waals surface area contributed by atoms with Crippen LogP contribution >= 0.6 is 11.3 Å². The van der Waals surface area contributed by atoms with Crippen LogP contribution < -0.4 is 10.6 Å². The van der Waals surface area contributed by atoms with E-state index in [1.54, 1.807) is 20.8 Å². The molecule has 156 valence electrons. The van der Waals surface area contributed by atoms with Gasteiger partial charge in [-0.2, -0.15) is 0 Å². The molecular weight excluding hydrogens is 394 g/mol. The SMILES string of the molecule is COC(=O)c1csc(NC(=O)C(NC(=O)OC(C)(C)C)C(C)c2ccccc2)n1. The number of hydrogen-bond acceptors (Lipinski definition) is 7. The predicted octanol–water partition coefficient (Wildman–Crippen LogP) is 3.57. The smallest absolute Gasteiger partial charge is 0.408 e. The molecule has 0 saturated carbocycles. The maximum Gasteiger partial charge on any atom is 0.408 e. The van der Waals surface area contributed by atoms with E-state index in [1.165, 1.54) is 12.5 Å². The molecule has 0 spiro atoms. The van der Waals surface area contributed by atoms with E-state index >= 15 is 0 Å². The first-order valence-corrected chi connectivity index (χ1v) is 9.88. The third-order valence-electron chi connectivity index (χ3n) is 3.91. The number of esters is 1. The Morgan fingerprint density at radius 1 is 1.14 bits per heavy atom. The molecule has 29 heavy (non-hydrogen) atoms. The lowest BCUT2D eigenvalue weighted by molar-refractivity contribution is -0.118. The fourth-order valence-electron chi connectivity index (χ4n) is 2.51. The quantitative estimate of drug-likeness (QED) is 0.694. The molecule has 0 aliphatic heterocycles. The summed E-state index contributed by atoms with van der Waals surface area (Å²) in [5.41, 5.74) is 0.268. The summed E-state index contributed by atoms with van der Waals surface area (Å²) in [4.78, 5) is 40.8. The largest absolute Gasteiger partial charge is 0.464 e. The van der Waals surface area contributed by atoms with E-state index in [0.29, 0.717) is 0 Å². The maximum absolute atomic E-state index is 12.9. The van der Waals surface area contributed by atoms with Crippen molar-refractivity contribution in [1.82, 2.24) is 10.3 Å². The molecule has 2 amide bonds. The first-order chi connectivity index (χ1) is 13.6. The molecule has 2 atom stereocenters. The molecule has 2 rings (SSSR count). The highest BCUT2D eigenvalue weighted by molar-refractivity contribution is 7.14. The molecular formula is C20H25N3O5S. The third kappa shape index (κ3) is 6.56. The lowest BCUT2D eigenvalue weighted by atomic mass is 9.93. The zero-order chi connectivity index (χ0) is 21.6. The van der Waals surface area contributed by atoms with Crippen molar-refractivity contribution in [3.63, 3.8) is 0 Å². The Hall–Kier alpha value is -2.94. The first kappa shape index (κ1) is 22.4. The first-order valence-electron chi connectivity index (χ1n) is 9.00. The van der Waals surface area contributed by atoms with Crippen molar-refractivity contribution in [2.75, 3.05) is 12.4 Å². The summed E-state index contributed by atoms with van der Waals surface area (Å²) in [5.74, 6) is -1.41. The van der Waals surface area contributed by atoms with Crippen LogP contribution in [0.4, 0.5) is 9.93 Å². The Bertz CT molecular complexity index is 861. The van der Waals surface area contributed by atoms with E-state index in [9.17, 15) is 14.4 Å². The van der Waals surface area contributed by atoms with Crippen molar-refractivity contribution in [2.45, 2.75) is 45.3 Å². The summed E-state index contributed by atoms with van der Waals surface area (Å²) in [6, 6.07) is 8.42. The average molecular weight is 420 g/mol. The number of carbonyl (C=O) groups excluding carboxylic acids is 3. The maximum atomic E-state index is 12.9. The molecule has 1 aromatic carbocycles. The molecule has 2 aromatic rings. The van der Waals surface area contributed by atoms with Crippen molar-refractivity contribution in [1.29, 1.82) is 0 Å². The van der Waals surface area contributed by atoms with Gasteiger partial charge in [0.1, 0.15) is 11.6 Å². The number of nitrogens with zero attached hydrogens (tertiary/aromatic N) is 1. The molecule has 0 radical (unpaired) electrons. The lowest BCUT2D eigenvalue weighted by Crippen LogP contribution is -2.48. The van der Waals surface area contributed by atoms with Crippen LogP contribution in [-0.2, 0) is 14.3 Å².